The summed E-state index contributed by atoms with van der Waals surface area (Å²) in [4.78, 5) is 11.9. The minimum atomic E-state index is -0.347. The van der Waals surface area contributed by atoms with Crippen LogP contribution in [0.15, 0.2) is 0 Å². The molecule has 4 nitrogen and oxygen atoms in total. The van der Waals surface area contributed by atoms with Crippen LogP contribution in [-0.2, 0) is 9.53 Å². The average molecular weight is 228 g/mol. The molecule has 0 unspecified atom stereocenters. The lowest BCUT2D eigenvalue weighted by molar-refractivity contribution is -0.129. The fourth-order valence-corrected chi connectivity index (χ4v) is 1.90. The van der Waals surface area contributed by atoms with Gasteiger partial charge in [0.15, 0.2) is 0 Å². The standard InChI is InChI=1S/C12H24N2O2/c1-12(2,5-6-13)11(15)14-9-10-3-7-16-8-4-10/h10H,3-9,13H2,1-2H3,(H,14,15). The molecule has 4 heteroatoms. The number of amides is 1. The highest BCUT2D eigenvalue weighted by Gasteiger charge is 2.27. The highest BCUT2D eigenvalue weighted by Crippen LogP contribution is 2.20. The fraction of sp³-hybridized carbons (Fsp3) is 0.917. The Morgan fingerprint density at radius 3 is 2.62 bits per heavy atom. The molecular weight excluding hydrogens is 204 g/mol. The van der Waals surface area contributed by atoms with Crippen LogP contribution < -0.4 is 11.1 Å². The van der Waals surface area contributed by atoms with Crippen LogP contribution in [0.4, 0.5) is 0 Å². The van der Waals surface area contributed by atoms with Crippen LogP contribution in [0.5, 0.6) is 0 Å². The first-order valence-electron chi connectivity index (χ1n) is 6.12. The van der Waals surface area contributed by atoms with Gasteiger partial charge in [0.05, 0.1) is 0 Å². The highest BCUT2D eigenvalue weighted by atomic mass is 16.5. The van der Waals surface area contributed by atoms with Crippen LogP contribution in [0, 0.1) is 11.3 Å². The summed E-state index contributed by atoms with van der Waals surface area (Å²) in [6.45, 7) is 6.87. The van der Waals surface area contributed by atoms with Gasteiger partial charge in [-0.05, 0) is 31.7 Å². The van der Waals surface area contributed by atoms with Crippen LogP contribution in [0.25, 0.3) is 0 Å². The minimum absolute atomic E-state index is 0.115. The SMILES string of the molecule is CC(C)(CCN)C(=O)NCC1CCOCC1. The van der Waals surface area contributed by atoms with E-state index < -0.39 is 0 Å². The van der Waals surface area contributed by atoms with Gasteiger partial charge >= 0.3 is 0 Å². The Labute approximate surface area is 97.9 Å². The first-order valence-corrected chi connectivity index (χ1v) is 6.12. The van der Waals surface area contributed by atoms with E-state index in [4.69, 9.17) is 10.5 Å². The van der Waals surface area contributed by atoms with Gasteiger partial charge < -0.3 is 15.8 Å². The lowest BCUT2D eigenvalue weighted by atomic mass is 9.88. The molecule has 0 saturated carbocycles. The van der Waals surface area contributed by atoms with E-state index in [1.165, 1.54) is 0 Å². The number of ether oxygens (including phenoxy) is 1. The van der Waals surface area contributed by atoms with Gasteiger partial charge in [-0.2, -0.15) is 0 Å². The molecule has 94 valence electrons. The van der Waals surface area contributed by atoms with Crippen molar-refractivity contribution in [3.63, 3.8) is 0 Å². The number of carbonyl (C=O) groups is 1. The summed E-state index contributed by atoms with van der Waals surface area (Å²) in [5.74, 6) is 0.691. The lowest BCUT2D eigenvalue weighted by Gasteiger charge is -2.26. The summed E-state index contributed by atoms with van der Waals surface area (Å²) >= 11 is 0. The predicted octanol–water partition coefficient (Wildman–Crippen LogP) is 0.904. The number of hydrogen-bond donors (Lipinski definition) is 2. The van der Waals surface area contributed by atoms with E-state index in [1.807, 2.05) is 13.8 Å². The van der Waals surface area contributed by atoms with Crippen LogP contribution in [0.2, 0.25) is 0 Å². The number of rotatable bonds is 5. The monoisotopic (exact) mass is 228 g/mol. The summed E-state index contributed by atoms with van der Waals surface area (Å²) in [6.07, 6.45) is 2.84. The maximum Gasteiger partial charge on any atom is 0.225 e. The number of nitrogens with one attached hydrogen (secondary N) is 1. The summed E-state index contributed by atoms with van der Waals surface area (Å²) in [7, 11) is 0. The average Bonchev–Trinajstić information content (AvgIpc) is 2.27. The zero-order valence-electron chi connectivity index (χ0n) is 10.4. The Morgan fingerprint density at radius 2 is 2.06 bits per heavy atom. The van der Waals surface area contributed by atoms with Crippen molar-refractivity contribution in [1.29, 1.82) is 0 Å². The van der Waals surface area contributed by atoms with E-state index in [1.54, 1.807) is 0 Å². The second-order valence-corrected chi connectivity index (χ2v) is 5.19. The van der Waals surface area contributed by atoms with Crippen molar-refractivity contribution in [1.82, 2.24) is 5.32 Å². The van der Waals surface area contributed by atoms with E-state index in [9.17, 15) is 4.79 Å². The Bertz CT molecular complexity index is 223. The van der Waals surface area contributed by atoms with Crippen molar-refractivity contribution in [3.05, 3.63) is 0 Å². The second-order valence-electron chi connectivity index (χ2n) is 5.19. The molecule has 1 aliphatic heterocycles. The summed E-state index contributed by atoms with van der Waals surface area (Å²) in [5.41, 5.74) is 5.15. The van der Waals surface area contributed by atoms with Gasteiger partial charge in [0.2, 0.25) is 5.91 Å². The molecule has 1 saturated heterocycles. The third-order valence-corrected chi connectivity index (χ3v) is 3.28. The number of hydrogen-bond acceptors (Lipinski definition) is 3. The van der Waals surface area contributed by atoms with Gasteiger partial charge in [-0.15, -0.1) is 0 Å². The van der Waals surface area contributed by atoms with Crippen molar-refractivity contribution in [2.75, 3.05) is 26.3 Å². The zero-order valence-corrected chi connectivity index (χ0v) is 10.4. The molecule has 0 aromatic carbocycles. The Balaban J connectivity index is 2.28. The smallest absolute Gasteiger partial charge is 0.225 e. The van der Waals surface area contributed by atoms with Gasteiger partial charge in [-0.25, -0.2) is 0 Å². The fourth-order valence-electron chi connectivity index (χ4n) is 1.90. The predicted molar refractivity (Wildman–Crippen MR) is 64.0 cm³/mol. The molecule has 0 spiro atoms. The molecule has 0 aromatic rings. The molecule has 16 heavy (non-hydrogen) atoms. The largest absolute Gasteiger partial charge is 0.381 e. The topological polar surface area (TPSA) is 64.4 Å². The Kier molecular flexibility index (Phi) is 5.22. The summed E-state index contributed by atoms with van der Waals surface area (Å²) in [6, 6.07) is 0. The van der Waals surface area contributed by atoms with Crippen molar-refractivity contribution < 1.29 is 9.53 Å². The Morgan fingerprint density at radius 1 is 1.44 bits per heavy atom. The highest BCUT2D eigenvalue weighted by molar-refractivity contribution is 5.81. The molecule has 1 fully saturated rings. The quantitative estimate of drug-likeness (QED) is 0.735. The van der Waals surface area contributed by atoms with E-state index in [0.29, 0.717) is 12.5 Å². The van der Waals surface area contributed by atoms with E-state index in [0.717, 1.165) is 39.0 Å². The van der Waals surface area contributed by atoms with Gasteiger partial charge in [0.1, 0.15) is 0 Å². The molecule has 0 atom stereocenters. The van der Waals surface area contributed by atoms with Crippen molar-refractivity contribution in [2.45, 2.75) is 33.1 Å². The second kappa shape index (κ2) is 6.21. The molecular formula is C12H24N2O2. The van der Waals surface area contributed by atoms with Crippen molar-refractivity contribution in [3.8, 4) is 0 Å². The summed E-state index contributed by atoms with van der Waals surface area (Å²) < 4.78 is 5.28. The van der Waals surface area contributed by atoms with Gasteiger partial charge in [-0.3, -0.25) is 4.79 Å². The van der Waals surface area contributed by atoms with Crippen LogP contribution >= 0.6 is 0 Å². The first-order chi connectivity index (χ1) is 7.56. The lowest BCUT2D eigenvalue weighted by Crippen LogP contribution is -2.41. The number of carbonyl (C=O) groups excluding carboxylic acids is 1. The molecule has 0 aliphatic carbocycles. The third-order valence-electron chi connectivity index (χ3n) is 3.28. The third kappa shape index (κ3) is 4.10. The van der Waals surface area contributed by atoms with E-state index >= 15 is 0 Å². The molecule has 1 aliphatic rings. The molecule has 0 radical (unpaired) electrons. The molecule has 1 amide bonds. The van der Waals surface area contributed by atoms with E-state index in [-0.39, 0.29) is 11.3 Å². The maximum absolute atomic E-state index is 11.9. The van der Waals surface area contributed by atoms with E-state index in [2.05, 4.69) is 5.32 Å². The Hall–Kier alpha value is -0.610. The molecule has 0 aromatic heterocycles. The minimum Gasteiger partial charge on any atom is -0.381 e. The molecule has 0 bridgehead atoms. The van der Waals surface area contributed by atoms with Gasteiger partial charge in [-0.1, -0.05) is 13.8 Å². The van der Waals surface area contributed by atoms with Crippen molar-refractivity contribution >= 4 is 5.91 Å². The maximum atomic E-state index is 11.9. The molecule has 1 rings (SSSR count). The van der Waals surface area contributed by atoms with Gasteiger partial charge in [0, 0.05) is 25.2 Å². The molecule has 3 N–H and O–H groups in total. The first kappa shape index (κ1) is 13.5. The number of nitrogens with two attached hydrogens (primary N) is 1. The van der Waals surface area contributed by atoms with Crippen LogP contribution in [0.1, 0.15) is 33.1 Å². The van der Waals surface area contributed by atoms with Crippen LogP contribution in [0.3, 0.4) is 0 Å². The van der Waals surface area contributed by atoms with Crippen molar-refractivity contribution in [2.24, 2.45) is 17.1 Å². The molecule has 1 heterocycles. The zero-order chi connectivity index (χ0) is 12.0. The normalized spacial score (nSPS) is 18.4. The summed E-state index contributed by atoms with van der Waals surface area (Å²) in [5, 5.41) is 3.03. The van der Waals surface area contributed by atoms with Gasteiger partial charge in [0.25, 0.3) is 0 Å². The van der Waals surface area contributed by atoms with Crippen LogP contribution in [-0.4, -0.2) is 32.2 Å².